The molecule has 0 amide bonds. The van der Waals surface area contributed by atoms with Crippen LogP contribution in [0.1, 0.15) is 51.0 Å². The molecule has 0 unspecified atom stereocenters. The Morgan fingerprint density at radius 2 is 1.93 bits per heavy atom. The summed E-state index contributed by atoms with van der Waals surface area (Å²) in [7, 11) is 0. The molecule has 2 aliphatic heterocycles. The predicted octanol–water partition coefficient (Wildman–Crippen LogP) is 4.14. The van der Waals surface area contributed by atoms with Gasteiger partial charge in [0.25, 0.3) is 0 Å². The molecule has 2 aliphatic rings. The van der Waals surface area contributed by atoms with Crippen molar-refractivity contribution in [2.24, 2.45) is 5.92 Å². The van der Waals surface area contributed by atoms with Crippen LogP contribution in [0.4, 0.5) is 5.82 Å². The monoisotopic (exact) mass is 388 g/mol. The lowest BCUT2D eigenvalue weighted by Gasteiger charge is -2.33. The Kier molecular flexibility index (Phi) is 6.25. The van der Waals surface area contributed by atoms with E-state index < -0.39 is 0 Å². The van der Waals surface area contributed by atoms with Gasteiger partial charge in [-0.3, -0.25) is 0 Å². The third kappa shape index (κ3) is 4.44. The fourth-order valence-electron chi connectivity index (χ4n) is 4.31. The van der Waals surface area contributed by atoms with Gasteiger partial charge in [0.05, 0.1) is 12.0 Å². The molecule has 0 aliphatic carbocycles. The second-order valence-corrected chi connectivity index (χ2v) is 9.14. The first-order chi connectivity index (χ1) is 13.2. The Morgan fingerprint density at radius 1 is 1.15 bits per heavy atom. The van der Waals surface area contributed by atoms with E-state index in [1.165, 1.54) is 49.7 Å². The summed E-state index contributed by atoms with van der Waals surface area (Å²) in [6, 6.07) is 0. The van der Waals surface area contributed by atoms with Crippen molar-refractivity contribution in [2.75, 3.05) is 50.8 Å². The average molecular weight is 389 g/mol. The number of aromatic nitrogens is 2. The van der Waals surface area contributed by atoms with Crippen LogP contribution in [0.5, 0.6) is 0 Å². The van der Waals surface area contributed by atoms with Crippen molar-refractivity contribution in [3.8, 4) is 0 Å². The molecule has 27 heavy (non-hydrogen) atoms. The van der Waals surface area contributed by atoms with Gasteiger partial charge in [-0.1, -0.05) is 13.8 Å². The molecule has 0 bridgehead atoms. The number of anilines is 1. The topological polar surface area (TPSA) is 41.5 Å². The number of rotatable bonds is 7. The number of likely N-dealkylation sites (tertiary alicyclic amines) is 1. The number of fused-ring (bicyclic) bond motifs is 1. The Hall–Kier alpha value is -1.24. The zero-order valence-corrected chi connectivity index (χ0v) is 17.5. The maximum atomic E-state index is 6.00. The molecule has 4 heterocycles. The van der Waals surface area contributed by atoms with Crippen molar-refractivity contribution in [3.63, 3.8) is 0 Å². The molecule has 0 saturated carbocycles. The maximum absolute atomic E-state index is 6.00. The highest BCUT2D eigenvalue weighted by Gasteiger charge is 2.24. The van der Waals surface area contributed by atoms with Crippen molar-refractivity contribution in [1.29, 1.82) is 0 Å². The normalized spacial score (nSPS) is 19.6. The summed E-state index contributed by atoms with van der Waals surface area (Å²) in [5.74, 6) is 2.33. The van der Waals surface area contributed by atoms with E-state index in [2.05, 4.69) is 39.0 Å². The summed E-state index contributed by atoms with van der Waals surface area (Å²) >= 11 is 1.74. The van der Waals surface area contributed by atoms with Crippen LogP contribution in [0.25, 0.3) is 10.2 Å². The largest absolute Gasteiger partial charge is 0.380 e. The lowest BCUT2D eigenvalue weighted by molar-refractivity contribution is 0.0753. The van der Waals surface area contributed by atoms with E-state index in [-0.39, 0.29) is 0 Å². The van der Waals surface area contributed by atoms with E-state index >= 15 is 0 Å². The summed E-state index contributed by atoms with van der Waals surface area (Å²) in [6.07, 6.45) is 6.83. The van der Waals surface area contributed by atoms with Gasteiger partial charge in [0.2, 0.25) is 0 Å². The summed E-state index contributed by atoms with van der Waals surface area (Å²) in [5.41, 5.74) is 1.39. The first-order valence-electron chi connectivity index (χ1n) is 10.5. The van der Waals surface area contributed by atoms with Crippen LogP contribution in [0.3, 0.4) is 0 Å². The standard InChI is InChI=1S/C21H32N4OS/c1-16(2)18-14-27-21-19(18)20(22-15-23-21)25-9-5-17(6-10-25)13-26-12-11-24-7-3-4-8-24/h14-17H,3-13H2,1-2H3. The number of ether oxygens (including phenoxy) is 1. The van der Waals surface area contributed by atoms with Crippen molar-refractivity contribution < 1.29 is 4.74 Å². The van der Waals surface area contributed by atoms with Gasteiger partial charge in [-0.25, -0.2) is 9.97 Å². The molecular weight excluding hydrogens is 356 g/mol. The molecule has 0 N–H and O–H groups in total. The van der Waals surface area contributed by atoms with Crippen molar-refractivity contribution in [3.05, 3.63) is 17.3 Å². The van der Waals surface area contributed by atoms with E-state index in [1.54, 1.807) is 17.7 Å². The molecule has 0 radical (unpaired) electrons. The van der Waals surface area contributed by atoms with Gasteiger partial charge in [-0.15, -0.1) is 11.3 Å². The molecule has 2 aromatic heterocycles. The minimum Gasteiger partial charge on any atom is -0.380 e. The Morgan fingerprint density at radius 3 is 2.67 bits per heavy atom. The summed E-state index contributed by atoms with van der Waals surface area (Å²) < 4.78 is 6.00. The van der Waals surface area contributed by atoms with E-state index in [0.29, 0.717) is 11.8 Å². The summed E-state index contributed by atoms with van der Waals surface area (Å²) in [6.45, 7) is 12.1. The molecule has 2 fully saturated rings. The Labute approximate surface area is 166 Å². The number of hydrogen-bond acceptors (Lipinski definition) is 6. The average Bonchev–Trinajstić information content (AvgIpc) is 3.35. The lowest BCUT2D eigenvalue weighted by Crippen LogP contribution is -2.36. The van der Waals surface area contributed by atoms with Gasteiger partial charge in [0, 0.05) is 26.2 Å². The van der Waals surface area contributed by atoms with E-state index in [4.69, 9.17) is 4.74 Å². The number of hydrogen-bond donors (Lipinski definition) is 0. The van der Waals surface area contributed by atoms with Crippen LogP contribution >= 0.6 is 11.3 Å². The van der Waals surface area contributed by atoms with Gasteiger partial charge in [-0.05, 0) is 61.6 Å². The van der Waals surface area contributed by atoms with E-state index in [0.717, 1.165) is 43.5 Å². The number of piperidine rings is 1. The Bertz CT molecular complexity index is 733. The molecule has 6 heteroatoms. The highest BCUT2D eigenvalue weighted by Crippen LogP contribution is 2.36. The highest BCUT2D eigenvalue weighted by atomic mass is 32.1. The third-order valence-corrected chi connectivity index (χ3v) is 6.92. The highest BCUT2D eigenvalue weighted by molar-refractivity contribution is 7.17. The number of nitrogens with zero attached hydrogens (tertiary/aromatic N) is 4. The number of thiophene rings is 1. The minimum atomic E-state index is 0.505. The van der Waals surface area contributed by atoms with Crippen LogP contribution in [0.2, 0.25) is 0 Å². The lowest BCUT2D eigenvalue weighted by atomic mass is 9.97. The van der Waals surface area contributed by atoms with E-state index in [9.17, 15) is 0 Å². The van der Waals surface area contributed by atoms with E-state index in [1.807, 2.05) is 0 Å². The summed E-state index contributed by atoms with van der Waals surface area (Å²) in [4.78, 5) is 15.3. The molecule has 5 nitrogen and oxygen atoms in total. The van der Waals surface area contributed by atoms with Gasteiger partial charge in [-0.2, -0.15) is 0 Å². The minimum absolute atomic E-state index is 0.505. The fraction of sp³-hybridized carbons (Fsp3) is 0.714. The fourth-order valence-corrected chi connectivity index (χ4v) is 5.37. The van der Waals surface area contributed by atoms with Crippen molar-refractivity contribution in [1.82, 2.24) is 14.9 Å². The molecular formula is C21H32N4OS. The van der Waals surface area contributed by atoms with Crippen LogP contribution in [0, 0.1) is 5.92 Å². The maximum Gasteiger partial charge on any atom is 0.141 e. The molecule has 2 aromatic rings. The van der Waals surface area contributed by atoms with Gasteiger partial charge in [0.1, 0.15) is 17.0 Å². The van der Waals surface area contributed by atoms with Crippen molar-refractivity contribution >= 4 is 27.4 Å². The van der Waals surface area contributed by atoms with Crippen molar-refractivity contribution in [2.45, 2.75) is 45.4 Å². The van der Waals surface area contributed by atoms with Crippen LogP contribution in [-0.4, -0.2) is 60.8 Å². The third-order valence-electron chi connectivity index (χ3n) is 6.02. The predicted molar refractivity (Wildman–Crippen MR) is 113 cm³/mol. The smallest absolute Gasteiger partial charge is 0.141 e. The zero-order valence-electron chi connectivity index (χ0n) is 16.7. The van der Waals surface area contributed by atoms with Crippen LogP contribution in [-0.2, 0) is 4.74 Å². The SMILES string of the molecule is CC(C)c1csc2ncnc(N3CCC(COCCN4CCCC4)CC3)c12. The second kappa shape index (κ2) is 8.84. The molecule has 2 saturated heterocycles. The first-order valence-corrected chi connectivity index (χ1v) is 11.4. The second-order valence-electron chi connectivity index (χ2n) is 8.28. The quantitative estimate of drug-likeness (QED) is 0.667. The van der Waals surface area contributed by atoms with Gasteiger partial charge >= 0.3 is 0 Å². The molecule has 148 valence electrons. The Balaban J connectivity index is 1.30. The van der Waals surface area contributed by atoms with Crippen LogP contribution < -0.4 is 4.90 Å². The molecule has 0 aromatic carbocycles. The van der Waals surface area contributed by atoms with Gasteiger partial charge < -0.3 is 14.5 Å². The summed E-state index contributed by atoms with van der Waals surface area (Å²) in [5, 5.41) is 3.53. The van der Waals surface area contributed by atoms with Crippen LogP contribution in [0.15, 0.2) is 11.7 Å². The zero-order chi connectivity index (χ0) is 18.6. The molecule has 0 atom stereocenters. The van der Waals surface area contributed by atoms with Gasteiger partial charge in [0.15, 0.2) is 0 Å². The molecule has 0 spiro atoms. The first kappa shape index (κ1) is 19.1. The molecule has 4 rings (SSSR count).